The quantitative estimate of drug-likeness (QED) is 0.543. The average molecular weight is 439 g/mol. The van der Waals surface area contributed by atoms with Crippen LogP contribution >= 0.6 is 0 Å². The number of ether oxygens (including phenoxy) is 3. The highest BCUT2D eigenvalue weighted by Crippen LogP contribution is 2.35. The summed E-state index contributed by atoms with van der Waals surface area (Å²) in [5, 5.41) is 7.12. The number of fused-ring (bicyclic) bond motifs is 1. The van der Waals surface area contributed by atoms with Crippen molar-refractivity contribution in [1.82, 2.24) is 15.1 Å². The molecular formula is C23H22FN3O5. The molecule has 1 amide bonds. The minimum absolute atomic E-state index is 0.166. The number of amides is 1. The molecule has 2 aromatic carbocycles. The molecule has 32 heavy (non-hydrogen) atoms. The molecule has 8 nitrogen and oxygen atoms in total. The summed E-state index contributed by atoms with van der Waals surface area (Å²) in [6, 6.07) is 14.0. The van der Waals surface area contributed by atoms with Crippen molar-refractivity contribution in [3.63, 3.8) is 0 Å². The molecule has 3 aromatic rings. The van der Waals surface area contributed by atoms with Crippen molar-refractivity contribution in [3.05, 3.63) is 70.8 Å². The van der Waals surface area contributed by atoms with Crippen LogP contribution in [-0.4, -0.2) is 35.1 Å². The predicted octanol–water partition coefficient (Wildman–Crippen LogP) is 2.75. The van der Waals surface area contributed by atoms with Crippen LogP contribution in [0.1, 0.15) is 13.3 Å². The molecule has 0 spiro atoms. The fraction of sp³-hybridized carbons (Fsp3) is 0.261. The summed E-state index contributed by atoms with van der Waals surface area (Å²) in [4.78, 5) is 24.4. The van der Waals surface area contributed by atoms with E-state index in [1.54, 1.807) is 43.3 Å². The number of aromatic nitrogens is 2. The Morgan fingerprint density at radius 2 is 1.94 bits per heavy atom. The summed E-state index contributed by atoms with van der Waals surface area (Å²) in [7, 11) is 0. The first-order chi connectivity index (χ1) is 15.5. The third-order valence-electron chi connectivity index (χ3n) is 4.88. The Morgan fingerprint density at radius 3 is 2.75 bits per heavy atom. The van der Waals surface area contributed by atoms with Crippen LogP contribution < -0.4 is 25.1 Å². The number of halogens is 1. The summed E-state index contributed by atoms with van der Waals surface area (Å²) in [5.41, 5.74) is 1.03. The Kier molecular flexibility index (Phi) is 6.34. The number of hydrogen-bond acceptors (Lipinski definition) is 6. The largest absolute Gasteiger partial charge is 0.481 e. The van der Waals surface area contributed by atoms with Gasteiger partial charge in [-0.1, -0.05) is 0 Å². The van der Waals surface area contributed by atoms with E-state index < -0.39 is 6.10 Å². The van der Waals surface area contributed by atoms with E-state index >= 15 is 0 Å². The Hall–Kier alpha value is -3.88. The number of hydrogen-bond donors (Lipinski definition) is 1. The van der Waals surface area contributed by atoms with Gasteiger partial charge in [0.05, 0.1) is 5.69 Å². The Bertz CT molecular complexity index is 1160. The third-order valence-corrected chi connectivity index (χ3v) is 4.88. The molecule has 0 aliphatic carbocycles. The molecule has 0 bridgehead atoms. The molecule has 1 atom stereocenters. The summed E-state index contributed by atoms with van der Waals surface area (Å²) in [6.45, 7) is 2.49. The van der Waals surface area contributed by atoms with E-state index in [0.29, 0.717) is 48.0 Å². The van der Waals surface area contributed by atoms with E-state index in [1.165, 1.54) is 22.9 Å². The van der Waals surface area contributed by atoms with Gasteiger partial charge in [0.2, 0.25) is 6.79 Å². The Labute approximate surface area is 183 Å². The van der Waals surface area contributed by atoms with Gasteiger partial charge < -0.3 is 19.5 Å². The lowest BCUT2D eigenvalue weighted by Crippen LogP contribution is -2.37. The van der Waals surface area contributed by atoms with Gasteiger partial charge in [0.25, 0.3) is 11.5 Å². The van der Waals surface area contributed by atoms with Crippen molar-refractivity contribution < 1.29 is 23.4 Å². The fourth-order valence-electron chi connectivity index (χ4n) is 3.18. The van der Waals surface area contributed by atoms with Gasteiger partial charge in [-0.05, 0) is 55.8 Å². The van der Waals surface area contributed by atoms with Gasteiger partial charge in [0.15, 0.2) is 17.6 Å². The number of nitrogens with one attached hydrogen (secondary N) is 1. The highest BCUT2D eigenvalue weighted by molar-refractivity contribution is 5.80. The van der Waals surface area contributed by atoms with Crippen LogP contribution in [0.2, 0.25) is 0 Å². The van der Waals surface area contributed by atoms with Gasteiger partial charge in [-0.3, -0.25) is 9.59 Å². The first kappa shape index (κ1) is 21.4. The zero-order valence-corrected chi connectivity index (χ0v) is 17.4. The van der Waals surface area contributed by atoms with Crippen molar-refractivity contribution in [1.29, 1.82) is 0 Å². The number of carbonyl (C=O) groups is 1. The van der Waals surface area contributed by atoms with Gasteiger partial charge >= 0.3 is 0 Å². The standard InChI is InChI=1S/C23H22FN3O5/c1-15(32-18-7-9-20-21(13-18)31-14-30-20)23(29)25-11-2-12-27-22(28)10-8-19(26-27)16-3-5-17(24)6-4-16/h3-10,13,15H,2,11-12,14H2,1H3,(H,25,29). The predicted molar refractivity (Wildman–Crippen MR) is 114 cm³/mol. The van der Waals surface area contributed by atoms with Gasteiger partial charge in [0.1, 0.15) is 11.6 Å². The van der Waals surface area contributed by atoms with Crippen LogP contribution in [0.15, 0.2) is 59.4 Å². The molecule has 1 aliphatic rings. The zero-order chi connectivity index (χ0) is 22.5. The monoisotopic (exact) mass is 439 g/mol. The van der Waals surface area contributed by atoms with E-state index in [0.717, 1.165) is 0 Å². The molecular weight excluding hydrogens is 417 g/mol. The lowest BCUT2D eigenvalue weighted by Gasteiger charge is -2.15. The topological polar surface area (TPSA) is 91.7 Å². The number of rotatable bonds is 8. The molecule has 1 aliphatic heterocycles. The fourth-order valence-corrected chi connectivity index (χ4v) is 3.18. The smallest absolute Gasteiger partial charge is 0.266 e. The lowest BCUT2D eigenvalue weighted by atomic mass is 10.1. The first-order valence-corrected chi connectivity index (χ1v) is 10.2. The molecule has 0 radical (unpaired) electrons. The van der Waals surface area contributed by atoms with Gasteiger partial charge in [-0.25, -0.2) is 9.07 Å². The van der Waals surface area contributed by atoms with Crippen LogP contribution in [0, 0.1) is 5.82 Å². The van der Waals surface area contributed by atoms with E-state index in [4.69, 9.17) is 14.2 Å². The van der Waals surface area contributed by atoms with Crippen LogP contribution in [-0.2, 0) is 11.3 Å². The maximum absolute atomic E-state index is 13.1. The van der Waals surface area contributed by atoms with E-state index in [9.17, 15) is 14.0 Å². The van der Waals surface area contributed by atoms with Crippen molar-refractivity contribution in [2.75, 3.05) is 13.3 Å². The molecule has 9 heteroatoms. The maximum atomic E-state index is 13.1. The normalized spacial score (nSPS) is 12.9. The van der Waals surface area contributed by atoms with E-state index in [1.807, 2.05) is 0 Å². The second-order valence-corrected chi connectivity index (χ2v) is 7.21. The highest BCUT2D eigenvalue weighted by atomic mass is 19.1. The number of benzene rings is 2. The minimum Gasteiger partial charge on any atom is -0.481 e. The van der Waals surface area contributed by atoms with Gasteiger partial charge in [-0.15, -0.1) is 0 Å². The molecule has 0 saturated carbocycles. The molecule has 1 N–H and O–H groups in total. The minimum atomic E-state index is -0.710. The average Bonchev–Trinajstić information content (AvgIpc) is 3.26. The Morgan fingerprint density at radius 1 is 1.16 bits per heavy atom. The third kappa shape index (κ3) is 5.05. The van der Waals surface area contributed by atoms with Crippen molar-refractivity contribution >= 4 is 5.91 Å². The van der Waals surface area contributed by atoms with E-state index in [2.05, 4.69) is 10.4 Å². The van der Waals surface area contributed by atoms with Crippen LogP contribution in [0.4, 0.5) is 4.39 Å². The molecule has 2 heterocycles. The van der Waals surface area contributed by atoms with Crippen molar-refractivity contribution in [3.8, 4) is 28.5 Å². The zero-order valence-electron chi connectivity index (χ0n) is 17.4. The molecule has 0 saturated heterocycles. The second kappa shape index (κ2) is 9.51. The summed E-state index contributed by atoms with van der Waals surface area (Å²) in [6.07, 6.45) is -0.208. The SMILES string of the molecule is CC(Oc1ccc2c(c1)OCO2)C(=O)NCCCn1nc(-c2ccc(F)cc2)ccc1=O. The number of aryl methyl sites for hydroxylation is 1. The Balaban J connectivity index is 1.27. The van der Waals surface area contributed by atoms with Gasteiger partial charge in [-0.2, -0.15) is 5.10 Å². The summed E-state index contributed by atoms with van der Waals surface area (Å²) < 4.78 is 30.7. The van der Waals surface area contributed by atoms with Crippen LogP contribution in [0.3, 0.4) is 0 Å². The number of carbonyl (C=O) groups excluding carboxylic acids is 1. The molecule has 1 unspecified atom stereocenters. The summed E-state index contributed by atoms with van der Waals surface area (Å²) in [5.74, 6) is 1.11. The second-order valence-electron chi connectivity index (χ2n) is 7.21. The van der Waals surface area contributed by atoms with E-state index in [-0.39, 0.29) is 24.1 Å². The molecule has 4 rings (SSSR count). The molecule has 1 aromatic heterocycles. The van der Waals surface area contributed by atoms with Crippen LogP contribution in [0.25, 0.3) is 11.3 Å². The first-order valence-electron chi connectivity index (χ1n) is 10.2. The molecule has 0 fully saturated rings. The maximum Gasteiger partial charge on any atom is 0.266 e. The molecule has 166 valence electrons. The van der Waals surface area contributed by atoms with Crippen molar-refractivity contribution in [2.45, 2.75) is 26.0 Å². The van der Waals surface area contributed by atoms with Crippen LogP contribution in [0.5, 0.6) is 17.2 Å². The number of nitrogens with zero attached hydrogens (tertiary/aromatic N) is 2. The lowest BCUT2D eigenvalue weighted by molar-refractivity contribution is -0.127. The van der Waals surface area contributed by atoms with Gasteiger partial charge in [0, 0.05) is 30.8 Å². The highest BCUT2D eigenvalue weighted by Gasteiger charge is 2.18. The summed E-state index contributed by atoms with van der Waals surface area (Å²) >= 11 is 0. The van der Waals surface area contributed by atoms with Crippen molar-refractivity contribution in [2.24, 2.45) is 0 Å².